The Bertz CT molecular complexity index is 1490. The number of hydrogen-bond acceptors (Lipinski definition) is 7. The molecular weight excluding hydrogens is 430 g/mol. The van der Waals surface area contributed by atoms with Crippen molar-refractivity contribution in [3.8, 4) is 22.8 Å². The molecule has 0 bridgehead atoms. The number of ether oxygens (including phenoxy) is 2. The van der Waals surface area contributed by atoms with Crippen LogP contribution in [0.15, 0.2) is 55.2 Å². The molecular formula is C25H27N7O2. The van der Waals surface area contributed by atoms with Crippen molar-refractivity contribution in [3.63, 3.8) is 0 Å². The van der Waals surface area contributed by atoms with Crippen molar-refractivity contribution in [1.82, 2.24) is 23.9 Å². The molecule has 4 aromatic heterocycles. The van der Waals surface area contributed by atoms with Gasteiger partial charge in [-0.2, -0.15) is 0 Å². The van der Waals surface area contributed by atoms with E-state index in [-0.39, 0.29) is 6.04 Å². The van der Waals surface area contributed by atoms with E-state index in [9.17, 15) is 0 Å². The van der Waals surface area contributed by atoms with Crippen molar-refractivity contribution in [1.29, 1.82) is 0 Å². The Morgan fingerprint density at radius 2 is 1.88 bits per heavy atom. The van der Waals surface area contributed by atoms with Crippen LogP contribution in [0, 0.1) is 0 Å². The fourth-order valence-corrected chi connectivity index (χ4v) is 4.24. The number of pyridine rings is 1. The highest BCUT2D eigenvalue weighted by molar-refractivity contribution is 6.01. The first-order valence-corrected chi connectivity index (χ1v) is 11.0. The summed E-state index contributed by atoms with van der Waals surface area (Å²) in [6.07, 6.45) is 7.38. The van der Waals surface area contributed by atoms with Gasteiger partial charge in [0.05, 0.1) is 31.0 Å². The summed E-state index contributed by atoms with van der Waals surface area (Å²) < 4.78 is 15.0. The minimum Gasteiger partial charge on any atom is -0.497 e. The Labute approximate surface area is 197 Å². The van der Waals surface area contributed by atoms with Gasteiger partial charge in [0.2, 0.25) is 0 Å². The topological polar surface area (TPSA) is 105 Å². The van der Waals surface area contributed by atoms with Gasteiger partial charge < -0.3 is 25.1 Å². The zero-order chi connectivity index (χ0) is 23.8. The van der Waals surface area contributed by atoms with Gasteiger partial charge in [-0.25, -0.2) is 15.0 Å². The molecule has 9 heteroatoms. The summed E-state index contributed by atoms with van der Waals surface area (Å²) in [4.78, 5) is 13.6. The Morgan fingerprint density at radius 1 is 1.03 bits per heavy atom. The second-order valence-electron chi connectivity index (χ2n) is 8.29. The largest absolute Gasteiger partial charge is 0.497 e. The van der Waals surface area contributed by atoms with Crippen LogP contribution in [0.3, 0.4) is 0 Å². The molecule has 9 nitrogen and oxygen atoms in total. The number of anilines is 2. The van der Waals surface area contributed by atoms with Gasteiger partial charge in [0.15, 0.2) is 5.65 Å². The molecule has 0 atom stereocenters. The van der Waals surface area contributed by atoms with Crippen LogP contribution in [-0.4, -0.2) is 38.1 Å². The van der Waals surface area contributed by atoms with Crippen LogP contribution in [0.2, 0.25) is 0 Å². The maximum absolute atomic E-state index is 6.16. The van der Waals surface area contributed by atoms with Gasteiger partial charge in [0.25, 0.3) is 0 Å². The second kappa shape index (κ2) is 8.58. The molecule has 0 amide bonds. The summed E-state index contributed by atoms with van der Waals surface area (Å²) in [5, 5.41) is 4.43. The first-order valence-electron chi connectivity index (χ1n) is 11.0. The number of nitrogens with one attached hydrogen (secondary N) is 1. The molecule has 0 fully saturated rings. The molecule has 174 valence electrons. The van der Waals surface area contributed by atoms with Crippen LogP contribution in [-0.2, 0) is 6.54 Å². The molecule has 34 heavy (non-hydrogen) atoms. The third-order valence-electron chi connectivity index (χ3n) is 5.96. The van der Waals surface area contributed by atoms with Gasteiger partial charge in [-0.15, -0.1) is 0 Å². The van der Waals surface area contributed by atoms with Crippen LogP contribution in [0.4, 0.5) is 11.5 Å². The van der Waals surface area contributed by atoms with E-state index in [1.54, 1.807) is 26.7 Å². The highest BCUT2D eigenvalue weighted by Gasteiger charge is 2.20. The molecule has 5 rings (SSSR count). The van der Waals surface area contributed by atoms with Crippen molar-refractivity contribution in [3.05, 3.63) is 60.8 Å². The van der Waals surface area contributed by atoms with Gasteiger partial charge in [0.1, 0.15) is 29.3 Å². The van der Waals surface area contributed by atoms with E-state index in [2.05, 4.69) is 44.9 Å². The van der Waals surface area contributed by atoms with Crippen molar-refractivity contribution in [2.24, 2.45) is 0 Å². The number of nitrogen functional groups attached to an aromatic ring is 1. The van der Waals surface area contributed by atoms with Crippen LogP contribution in [0.1, 0.15) is 25.5 Å². The number of rotatable bonds is 7. The Kier molecular flexibility index (Phi) is 5.45. The summed E-state index contributed by atoms with van der Waals surface area (Å²) in [6.45, 7) is 4.79. The Morgan fingerprint density at radius 3 is 2.65 bits per heavy atom. The number of benzene rings is 1. The van der Waals surface area contributed by atoms with Crippen molar-refractivity contribution in [2.45, 2.75) is 26.4 Å². The van der Waals surface area contributed by atoms with Crippen LogP contribution in [0.25, 0.3) is 27.9 Å². The highest BCUT2D eigenvalue weighted by atomic mass is 16.5. The van der Waals surface area contributed by atoms with Crippen molar-refractivity contribution in [2.75, 3.05) is 25.3 Å². The average Bonchev–Trinajstić information content (AvgIpc) is 3.49. The zero-order valence-electron chi connectivity index (χ0n) is 19.6. The molecule has 1 aromatic carbocycles. The first-order chi connectivity index (χ1) is 16.5. The molecule has 0 spiro atoms. The molecule has 4 heterocycles. The van der Waals surface area contributed by atoms with E-state index < -0.39 is 0 Å². The molecule has 0 aliphatic rings. The second-order valence-corrected chi connectivity index (χ2v) is 8.29. The number of methoxy groups -OCH3 is 2. The number of aromatic nitrogens is 5. The molecule has 3 N–H and O–H groups in total. The Hall–Kier alpha value is -4.27. The lowest BCUT2D eigenvalue weighted by atomic mass is 10.1. The van der Waals surface area contributed by atoms with Crippen LogP contribution >= 0.6 is 0 Å². The number of imidazole rings is 1. The molecule has 0 radical (unpaired) electrons. The number of nitrogens with zero attached hydrogens (tertiary/aromatic N) is 5. The quantitative estimate of drug-likeness (QED) is 0.370. The third-order valence-corrected chi connectivity index (χ3v) is 5.96. The van der Waals surface area contributed by atoms with E-state index in [1.807, 2.05) is 40.9 Å². The van der Waals surface area contributed by atoms with E-state index in [1.165, 1.54) is 0 Å². The summed E-state index contributed by atoms with van der Waals surface area (Å²) in [5.74, 6) is 2.23. The lowest BCUT2D eigenvalue weighted by Crippen LogP contribution is -2.05. The predicted octanol–water partition coefficient (Wildman–Crippen LogP) is 4.54. The van der Waals surface area contributed by atoms with Gasteiger partial charge >= 0.3 is 0 Å². The SMILES string of the molecule is COc1ccc(CNc2ncnc3c2c(-c2ccc(N)c4nccn24)cn3C(C)C)c(OC)c1. The fraction of sp³-hybridized carbons (Fsp3) is 0.240. The minimum absolute atomic E-state index is 0.216. The Balaban J connectivity index is 1.64. The van der Waals surface area contributed by atoms with E-state index in [4.69, 9.17) is 15.2 Å². The normalized spacial score (nSPS) is 11.4. The molecule has 0 unspecified atom stereocenters. The standard InChI is InChI=1S/C25H27N7O2/c1-15(2)32-13-18(20-8-7-19(26)24-27-9-10-31(20)24)22-23(29-14-30-25(22)32)28-12-16-5-6-17(33-3)11-21(16)34-4/h5-11,13-15H,12,26H2,1-4H3,(H,28,29,30). The molecule has 0 aliphatic heterocycles. The number of fused-ring (bicyclic) bond motifs is 2. The molecule has 0 aliphatic carbocycles. The average molecular weight is 458 g/mol. The summed E-state index contributed by atoms with van der Waals surface area (Å²) in [7, 11) is 3.29. The van der Waals surface area contributed by atoms with Gasteiger partial charge in [-0.3, -0.25) is 4.40 Å². The smallest absolute Gasteiger partial charge is 0.160 e. The van der Waals surface area contributed by atoms with Crippen LogP contribution in [0.5, 0.6) is 11.5 Å². The van der Waals surface area contributed by atoms with Crippen molar-refractivity contribution >= 4 is 28.2 Å². The van der Waals surface area contributed by atoms with Gasteiger partial charge in [-0.05, 0) is 38.1 Å². The third kappa shape index (κ3) is 3.55. The summed E-state index contributed by atoms with van der Waals surface area (Å²) >= 11 is 0. The molecule has 5 aromatic rings. The predicted molar refractivity (Wildman–Crippen MR) is 133 cm³/mol. The van der Waals surface area contributed by atoms with E-state index in [0.717, 1.165) is 50.8 Å². The monoisotopic (exact) mass is 457 g/mol. The fourth-order valence-electron chi connectivity index (χ4n) is 4.24. The summed E-state index contributed by atoms with van der Waals surface area (Å²) in [5.41, 5.74) is 11.3. The zero-order valence-corrected chi connectivity index (χ0v) is 19.6. The molecule has 0 saturated heterocycles. The lowest BCUT2D eigenvalue weighted by Gasteiger charge is -2.13. The lowest BCUT2D eigenvalue weighted by molar-refractivity contribution is 0.391. The maximum atomic E-state index is 6.16. The van der Waals surface area contributed by atoms with E-state index >= 15 is 0 Å². The van der Waals surface area contributed by atoms with Gasteiger partial charge in [0, 0.05) is 48.4 Å². The summed E-state index contributed by atoms with van der Waals surface area (Å²) in [6, 6.07) is 9.88. The maximum Gasteiger partial charge on any atom is 0.160 e. The minimum atomic E-state index is 0.216. The first kappa shape index (κ1) is 21.6. The highest BCUT2D eigenvalue weighted by Crippen LogP contribution is 2.36. The molecule has 0 saturated carbocycles. The number of nitrogens with two attached hydrogens (primary N) is 1. The van der Waals surface area contributed by atoms with E-state index in [0.29, 0.717) is 12.2 Å². The number of hydrogen-bond donors (Lipinski definition) is 2. The van der Waals surface area contributed by atoms with Gasteiger partial charge in [-0.1, -0.05) is 0 Å². The van der Waals surface area contributed by atoms with Crippen LogP contribution < -0.4 is 20.5 Å². The van der Waals surface area contributed by atoms with Crippen molar-refractivity contribution < 1.29 is 9.47 Å².